The lowest BCUT2D eigenvalue weighted by atomic mass is 10.2. The summed E-state index contributed by atoms with van der Waals surface area (Å²) in [5, 5.41) is 6.14. The predicted octanol–water partition coefficient (Wildman–Crippen LogP) is 2.95. The molecule has 2 heterocycles. The van der Waals surface area contributed by atoms with Crippen molar-refractivity contribution in [3.63, 3.8) is 0 Å². The van der Waals surface area contributed by atoms with Crippen molar-refractivity contribution in [1.82, 2.24) is 10.6 Å². The van der Waals surface area contributed by atoms with Crippen molar-refractivity contribution in [2.45, 2.75) is 0 Å². The second-order valence-corrected chi connectivity index (χ2v) is 4.96. The van der Waals surface area contributed by atoms with E-state index in [2.05, 4.69) is 10.6 Å². The average Bonchev–Trinajstić information content (AvgIpc) is 2.98. The van der Waals surface area contributed by atoms with Crippen molar-refractivity contribution < 1.29 is 9.21 Å². The van der Waals surface area contributed by atoms with E-state index in [0.717, 1.165) is 5.56 Å². The lowest BCUT2D eigenvalue weighted by Gasteiger charge is -1.99. The van der Waals surface area contributed by atoms with E-state index < -0.39 is 0 Å². The van der Waals surface area contributed by atoms with Crippen molar-refractivity contribution in [2.75, 3.05) is 0 Å². The lowest BCUT2D eigenvalue weighted by Crippen LogP contribution is -2.21. The number of hydrogen-bond donors (Lipinski definition) is 2. The summed E-state index contributed by atoms with van der Waals surface area (Å²) >= 11 is 11.0. The first-order valence-corrected chi connectivity index (χ1v) is 6.61. The van der Waals surface area contributed by atoms with Crippen LogP contribution in [-0.2, 0) is 4.79 Å². The molecule has 20 heavy (non-hydrogen) atoms. The fourth-order valence-electron chi connectivity index (χ4n) is 1.86. The van der Waals surface area contributed by atoms with Gasteiger partial charge in [0.25, 0.3) is 5.91 Å². The Morgan fingerprint density at radius 1 is 1.15 bits per heavy atom. The predicted molar refractivity (Wildman–Crippen MR) is 81.0 cm³/mol. The van der Waals surface area contributed by atoms with Crippen molar-refractivity contribution in [2.24, 2.45) is 0 Å². The van der Waals surface area contributed by atoms with Crippen LogP contribution >= 0.6 is 23.8 Å². The Balaban J connectivity index is 1.92. The molecule has 100 valence electrons. The normalized spacial score (nSPS) is 16.4. The zero-order valence-electron chi connectivity index (χ0n) is 10.1. The Bertz CT molecular complexity index is 736. The molecule has 0 saturated carbocycles. The van der Waals surface area contributed by atoms with Crippen molar-refractivity contribution in [3.05, 3.63) is 52.9 Å². The van der Waals surface area contributed by atoms with Crippen LogP contribution in [0.1, 0.15) is 5.76 Å². The van der Waals surface area contributed by atoms with E-state index in [9.17, 15) is 4.79 Å². The van der Waals surface area contributed by atoms with E-state index in [1.165, 1.54) is 0 Å². The summed E-state index contributed by atoms with van der Waals surface area (Å²) in [6, 6.07) is 11.0. The summed E-state index contributed by atoms with van der Waals surface area (Å²) in [5.74, 6) is 0.913. The van der Waals surface area contributed by atoms with Crippen LogP contribution in [0.25, 0.3) is 17.4 Å². The summed E-state index contributed by atoms with van der Waals surface area (Å²) in [5.41, 5.74) is 1.16. The molecule has 0 spiro atoms. The Morgan fingerprint density at radius 3 is 2.65 bits per heavy atom. The standard InChI is InChI=1S/C14H9ClN2O2S/c15-10-4-2-1-3-9(10)12-6-5-8(19-12)7-11-13(18)17-14(20)16-11/h1-7H,(H2,16,17,18,20)/b11-7-. The van der Waals surface area contributed by atoms with E-state index in [0.29, 0.717) is 27.4 Å². The van der Waals surface area contributed by atoms with Gasteiger partial charge in [-0.15, -0.1) is 0 Å². The molecule has 1 fully saturated rings. The summed E-state index contributed by atoms with van der Waals surface area (Å²) in [6.45, 7) is 0. The van der Waals surface area contributed by atoms with Gasteiger partial charge in [-0.3, -0.25) is 10.1 Å². The molecule has 0 bridgehead atoms. The summed E-state index contributed by atoms with van der Waals surface area (Å²) < 4.78 is 5.67. The first-order chi connectivity index (χ1) is 9.63. The molecule has 1 saturated heterocycles. The summed E-state index contributed by atoms with van der Waals surface area (Å²) in [6.07, 6.45) is 1.59. The SMILES string of the molecule is O=C1NC(=S)N/C1=C\c1ccc(-c2ccccc2Cl)o1. The van der Waals surface area contributed by atoms with Gasteiger partial charge in [-0.2, -0.15) is 0 Å². The van der Waals surface area contributed by atoms with E-state index in [-0.39, 0.29) is 5.91 Å². The van der Waals surface area contributed by atoms with Gasteiger partial charge in [0.15, 0.2) is 5.11 Å². The molecular weight excluding hydrogens is 296 g/mol. The molecule has 4 nitrogen and oxygen atoms in total. The molecule has 3 rings (SSSR count). The van der Waals surface area contributed by atoms with Crippen LogP contribution in [0.4, 0.5) is 0 Å². The number of furan rings is 1. The summed E-state index contributed by atoms with van der Waals surface area (Å²) in [4.78, 5) is 11.5. The first-order valence-electron chi connectivity index (χ1n) is 5.82. The molecule has 0 aliphatic carbocycles. The third-order valence-electron chi connectivity index (χ3n) is 2.77. The van der Waals surface area contributed by atoms with Crippen molar-refractivity contribution in [1.29, 1.82) is 0 Å². The highest BCUT2D eigenvalue weighted by Crippen LogP contribution is 2.29. The third-order valence-corrected chi connectivity index (χ3v) is 3.31. The molecular formula is C14H9ClN2O2S. The van der Waals surface area contributed by atoms with Gasteiger partial charge in [-0.05, 0) is 36.5 Å². The molecule has 1 amide bonds. The van der Waals surface area contributed by atoms with E-state index in [4.69, 9.17) is 28.2 Å². The highest BCUT2D eigenvalue weighted by atomic mass is 35.5. The number of halogens is 1. The molecule has 0 atom stereocenters. The number of benzene rings is 1. The van der Waals surface area contributed by atoms with Crippen LogP contribution in [0.2, 0.25) is 5.02 Å². The molecule has 0 radical (unpaired) electrons. The molecule has 1 aromatic carbocycles. The Labute approximate surface area is 125 Å². The highest BCUT2D eigenvalue weighted by molar-refractivity contribution is 7.80. The minimum atomic E-state index is -0.273. The van der Waals surface area contributed by atoms with Gasteiger partial charge in [0.1, 0.15) is 17.2 Å². The van der Waals surface area contributed by atoms with Crippen LogP contribution in [0.3, 0.4) is 0 Å². The quantitative estimate of drug-likeness (QED) is 0.661. The fourth-order valence-corrected chi connectivity index (χ4v) is 2.29. The van der Waals surface area contributed by atoms with Crippen LogP contribution < -0.4 is 10.6 Å². The average molecular weight is 305 g/mol. The van der Waals surface area contributed by atoms with Gasteiger partial charge < -0.3 is 9.73 Å². The fraction of sp³-hybridized carbons (Fsp3) is 0. The first kappa shape index (κ1) is 12.9. The molecule has 2 N–H and O–H groups in total. The molecule has 1 aliphatic heterocycles. The maximum absolute atomic E-state index is 11.5. The van der Waals surface area contributed by atoms with E-state index in [1.54, 1.807) is 24.3 Å². The Hall–Kier alpha value is -2.11. The number of carbonyl (C=O) groups excluding carboxylic acids is 1. The number of rotatable bonds is 2. The van der Waals surface area contributed by atoms with Gasteiger partial charge >= 0.3 is 0 Å². The molecule has 6 heteroatoms. The van der Waals surface area contributed by atoms with E-state index in [1.807, 2.05) is 18.2 Å². The lowest BCUT2D eigenvalue weighted by molar-refractivity contribution is -0.115. The summed E-state index contributed by atoms with van der Waals surface area (Å²) in [7, 11) is 0. The maximum atomic E-state index is 11.5. The van der Waals surface area contributed by atoms with Gasteiger partial charge in [-0.25, -0.2) is 0 Å². The van der Waals surface area contributed by atoms with Gasteiger partial charge in [0.2, 0.25) is 0 Å². The van der Waals surface area contributed by atoms with Gasteiger partial charge in [0, 0.05) is 11.6 Å². The number of nitrogens with one attached hydrogen (secondary N) is 2. The topological polar surface area (TPSA) is 54.3 Å². The van der Waals surface area contributed by atoms with Crippen LogP contribution in [0.5, 0.6) is 0 Å². The Kier molecular flexibility index (Phi) is 3.30. The zero-order chi connectivity index (χ0) is 14.1. The number of carbonyl (C=O) groups is 1. The van der Waals surface area contributed by atoms with Crippen LogP contribution in [-0.4, -0.2) is 11.0 Å². The number of hydrogen-bond acceptors (Lipinski definition) is 3. The number of amides is 1. The molecule has 1 aliphatic rings. The minimum absolute atomic E-state index is 0.273. The van der Waals surface area contributed by atoms with Gasteiger partial charge in [-0.1, -0.05) is 23.7 Å². The van der Waals surface area contributed by atoms with Crippen LogP contribution in [0.15, 0.2) is 46.5 Å². The van der Waals surface area contributed by atoms with Crippen molar-refractivity contribution in [3.8, 4) is 11.3 Å². The third kappa shape index (κ3) is 2.45. The van der Waals surface area contributed by atoms with E-state index >= 15 is 0 Å². The minimum Gasteiger partial charge on any atom is -0.457 e. The molecule has 0 unspecified atom stereocenters. The molecule has 1 aromatic heterocycles. The second kappa shape index (κ2) is 5.11. The number of thiocarbonyl (C=S) groups is 1. The monoisotopic (exact) mass is 304 g/mol. The van der Waals surface area contributed by atoms with Gasteiger partial charge in [0.05, 0.1) is 5.02 Å². The smallest absolute Gasteiger partial charge is 0.274 e. The Morgan fingerprint density at radius 2 is 1.95 bits per heavy atom. The van der Waals surface area contributed by atoms with Crippen molar-refractivity contribution >= 4 is 40.9 Å². The highest BCUT2D eigenvalue weighted by Gasteiger charge is 2.20. The largest absolute Gasteiger partial charge is 0.457 e. The molecule has 2 aromatic rings. The second-order valence-electron chi connectivity index (χ2n) is 4.15. The zero-order valence-corrected chi connectivity index (χ0v) is 11.7. The van der Waals surface area contributed by atoms with Crippen LogP contribution in [0, 0.1) is 0 Å². The maximum Gasteiger partial charge on any atom is 0.274 e.